The summed E-state index contributed by atoms with van der Waals surface area (Å²) in [4.78, 5) is 88.0. The van der Waals surface area contributed by atoms with E-state index in [2.05, 4.69) is 41.0 Å². The van der Waals surface area contributed by atoms with E-state index in [0.29, 0.717) is 12.2 Å². The maximum atomic E-state index is 12.7. The maximum absolute atomic E-state index is 12.7. The minimum Gasteiger partial charge on any atom is -0.386 e. The lowest BCUT2D eigenvalue weighted by Crippen LogP contribution is -2.46. The number of unbranched alkanes of at least 4 members (excludes halogenated alkanes) is 7. The number of thioether (sulfide) groups is 1. The Kier molecular flexibility index (Phi) is 21.0. The van der Waals surface area contributed by atoms with Crippen molar-refractivity contribution < 1.29 is 80.5 Å². The number of hydrogen-bond donors (Lipinski definition) is 9. The van der Waals surface area contributed by atoms with Crippen LogP contribution in [-0.2, 0) is 50.7 Å². The van der Waals surface area contributed by atoms with E-state index in [1.54, 1.807) is 0 Å². The van der Waals surface area contributed by atoms with Crippen LogP contribution >= 0.6 is 35.2 Å². The van der Waals surface area contributed by atoms with Crippen LogP contribution in [0, 0.1) is 5.41 Å². The molecule has 0 aliphatic carbocycles. The number of ether oxygens (including phenoxy) is 1. The van der Waals surface area contributed by atoms with Gasteiger partial charge in [-0.3, -0.25) is 32.5 Å². The number of hydrogen-bond acceptors (Lipinski definition) is 18. The van der Waals surface area contributed by atoms with Gasteiger partial charge >= 0.3 is 23.5 Å². The monoisotopic (exact) mass is 947 g/mol. The molecule has 1 aliphatic rings. The lowest BCUT2D eigenvalue weighted by atomic mass is 9.87. The number of phosphoric ester groups is 3. The third-order valence-corrected chi connectivity index (χ3v) is 13.1. The Morgan fingerprint density at radius 2 is 1.64 bits per heavy atom. The van der Waals surface area contributed by atoms with Crippen molar-refractivity contribution in [1.29, 1.82) is 0 Å². The molecule has 3 rings (SSSR count). The van der Waals surface area contributed by atoms with Crippen LogP contribution in [0.25, 0.3) is 11.2 Å². The number of carbonyl (C=O) groups is 3. The molecule has 0 saturated carbocycles. The van der Waals surface area contributed by atoms with Gasteiger partial charge in [-0.2, -0.15) is 4.31 Å². The first kappa shape index (κ1) is 52.6. The van der Waals surface area contributed by atoms with Crippen LogP contribution in [0.15, 0.2) is 25.3 Å². The van der Waals surface area contributed by atoms with Gasteiger partial charge < -0.3 is 50.9 Å². The van der Waals surface area contributed by atoms with Crippen molar-refractivity contribution in [3.05, 3.63) is 25.3 Å². The van der Waals surface area contributed by atoms with E-state index < -0.39 is 84.6 Å². The zero-order valence-electron chi connectivity index (χ0n) is 33.7. The summed E-state index contributed by atoms with van der Waals surface area (Å²) in [5.41, 5.74) is 4.28. The zero-order chi connectivity index (χ0) is 45.4. The Balaban J connectivity index is 1.39. The Hall–Kier alpha value is -2.70. The predicted molar refractivity (Wildman–Crippen MR) is 219 cm³/mol. The summed E-state index contributed by atoms with van der Waals surface area (Å²) in [6.45, 7) is 4.27. The lowest BCUT2D eigenvalue weighted by Gasteiger charge is -2.30. The summed E-state index contributed by atoms with van der Waals surface area (Å²) in [7, 11) is -16.4. The number of rotatable bonds is 29. The van der Waals surface area contributed by atoms with Crippen molar-refractivity contribution in [2.45, 2.75) is 109 Å². The summed E-state index contributed by atoms with van der Waals surface area (Å²) in [6.07, 6.45) is 4.12. The normalized spacial score (nSPS) is 20.8. The van der Waals surface area contributed by atoms with Gasteiger partial charge in [-0.1, -0.05) is 63.8 Å². The summed E-state index contributed by atoms with van der Waals surface area (Å²) in [5, 5.41) is 26.6. The van der Waals surface area contributed by atoms with Gasteiger partial charge in [0.15, 0.2) is 22.8 Å². The minimum atomic E-state index is -5.57. The highest BCUT2D eigenvalue weighted by Gasteiger charge is 2.50. The third kappa shape index (κ3) is 18.1. The molecule has 1 aliphatic heterocycles. The summed E-state index contributed by atoms with van der Waals surface area (Å²) >= 11 is 1.14. The van der Waals surface area contributed by atoms with E-state index in [1.165, 1.54) is 26.7 Å². The van der Waals surface area contributed by atoms with Gasteiger partial charge in [0.1, 0.15) is 36.3 Å². The molecule has 2 unspecified atom stereocenters. The molecular weight excluding hydrogens is 891 g/mol. The number of nitrogens with one attached hydrogen (secondary N) is 2. The number of carbonyl (C=O) groups excluding carboxylic acids is 3. The van der Waals surface area contributed by atoms with Gasteiger partial charge in [0.2, 0.25) is 11.8 Å². The van der Waals surface area contributed by atoms with E-state index in [0.717, 1.165) is 67.5 Å². The number of phosphoric acid groups is 3. The fourth-order valence-corrected chi connectivity index (χ4v) is 9.36. The average Bonchev–Trinajstić information content (AvgIpc) is 3.73. The molecule has 2 aromatic rings. The third-order valence-electron chi connectivity index (χ3n) is 9.05. The van der Waals surface area contributed by atoms with Gasteiger partial charge in [0.25, 0.3) is 0 Å². The number of anilines is 1. The second-order valence-corrected chi connectivity index (χ2v) is 20.0. The molecule has 0 aromatic carbocycles. The molecular formula is C33H56N7O17P3S. The Morgan fingerprint density at radius 3 is 2.31 bits per heavy atom. The molecule has 0 bridgehead atoms. The number of aromatic nitrogens is 4. The van der Waals surface area contributed by atoms with Gasteiger partial charge in [-0.15, -0.1) is 6.58 Å². The topological polar surface area (TPSA) is 364 Å². The number of allylic oxidation sites excluding steroid dienone is 1. The van der Waals surface area contributed by atoms with Crippen molar-refractivity contribution >= 4 is 69.1 Å². The molecule has 1 fully saturated rings. The molecule has 1 saturated heterocycles. The molecule has 28 heteroatoms. The molecule has 7 atom stereocenters. The van der Waals surface area contributed by atoms with Gasteiger partial charge in [0, 0.05) is 37.1 Å². The first-order chi connectivity index (χ1) is 28.6. The molecule has 0 spiro atoms. The van der Waals surface area contributed by atoms with E-state index >= 15 is 0 Å². The van der Waals surface area contributed by atoms with Gasteiger partial charge in [-0.05, 0) is 19.3 Å². The number of aliphatic hydroxyl groups excluding tert-OH is 2. The van der Waals surface area contributed by atoms with Crippen molar-refractivity contribution in [3.63, 3.8) is 0 Å². The van der Waals surface area contributed by atoms with Crippen LogP contribution in [0.2, 0.25) is 0 Å². The number of amides is 2. The van der Waals surface area contributed by atoms with E-state index in [4.69, 9.17) is 19.5 Å². The summed E-state index contributed by atoms with van der Waals surface area (Å²) in [5.74, 6) is -1.04. The number of nitrogen functional groups attached to an aromatic ring is 1. The molecule has 2 amide bonds. The molecule has 61 heavy (non-hydrogen) atoms. The average molecular weight is 948 g/mol. The SMILES string of the molecule is C=CCCCCCCCCCC(=O)SCCNC(=O)CCNC(=O)[C@H](O)C(C)(C)COP(=O)(O)OP(=O)(O)OC[C@H]1O[C@@H](n2cnc3c(N)ncnc32)[C@H](O)[C@@H]1OP(=O)(O)O. The molecule has 10 N–H and O–H groups in total. The van der Waals surface area contributed by atoms with Crippen LogP contribution in [-0.4, -0.2) is 123 Å². The van der Waals surface area contributed by atoms with E-state index in [-0.39, 0.29) is 41.6 Å². The molecule has 3 heterocycles. The second kappa shape index (κ2) is 24.4. The number of imidazole rings is 1. The van der Waals surface area contributed by atoms with Crippen molar-refractivity contribution in [1.82, 2.24) is 30.2 Å². The Morgan fingerprint density at radius 1 is 0.984 bits per heavy atom. The summed E-state index contributed by atoms with van der Waals surface area (Å²) in [6, 6.07) is 0. The Bertz CT molecular complexity index is 1920. The van der Waals surface area contributed by atoms with E-state index in [1.807, 2.05) is 6.08 Å². The van der Waals surface area contributed by atoms with Gasteiger partial charge in [-0.25, -0.2) is 28.6 Å². The van der Waals surface area contributed by atoms with Crippen molar-refractivity contribution in [2.75, 3.05) is 37.8 Å². The fourth-order valence-electron chi connectivity index (χ4n) is 5.81. The minimum absolute atomic E-state index is 0.0320. The van der Waals surface area contributed by atoms with Crippen molar-refractivity contribution in [2.24, 2.45) is 5.41 Å². The second-order valence-electron chi connectivity index (χ2n) is 14.6. The number of nitrogens with two attached hydrogens (primary N) is 1. The smallest absolute Gasteiger partial charge is 0.386 e. The fraction of sp³-hybridized carbons (Fsp3) is 0.697. The first-order valence-electron chi connectivity index (χ1n) is 19.2. The molecule has 24 nitrogen and oxygen atoms in total. The van der Waals surface area contributed by atoms with Crippen LogP contribution < -0.4 is 16.4 Å². The van der Waals surface area contributed by atoms with Crippen LogP contribution in [0.5, 0.6) is 0 Å². The maximum Gasteiger partial charge on any atom is 0.481 e. The number of fused-ring (bicyclic) bond motifs is 1. The highest BCUT2D eigenvalue weighted by atomic mass is 32.2. The molecule has 346 valence electrons. The van der Waals surface area contributed by atoms with Crippen LogP contribution in [0.1, 0.15) is 84.3 Å². The highest BCUT2D eigenvalue weighted by Crippen LogP contribution is 2.61. The standard InChI is InChI=1S/C33H56N7O17P3S/c1-4-5-6-7-8-9-10-11-12-13-24(42)61-17-16-35-23(41)14-15-36-31(45)28(44)33(2,3)19-54-60(51,52)57-59(49,50)53-18-22-27(56-58(46,47)48)26(43)32(55-22)40-21-39-25-29(34)37-20-38-30(25)40/h4,20-22,26-28,32,43-44H,1,5-19H2,2-3H3,(H,35,41)(H,36,45)(H,49,50)(H,51,52)(H2,34,37,38)(H2,46,47,48)/t22-,26-,27-,28+,32-/m1/s1. The molecule has 0 radical (unpaired) electrons. The predicted octanol–water partition coefficient (Wildman–Crippen LogP) is 2.36. The lowest BCUT2D eigenvalue weighted by molar-refractivity contribution is -0.137. The highest BCUT2D eigenvalue weighted by molar-refractivity contribution is 8.13. The van der Waals surface area contributed by atoms with Crippen molar-refractivity contribution in [3.8, 4) is 0 Å². The number of nitrogens with zero attached hydrogens (tertiary/aromatic N) is 4. The van der Waals surface area contributed by atoms with E-state index in [9.17, 15) is 57.9 Å². The van der Waals surface area contributed by atoms with Crippen LogP contribution in [0.3, 0.4) is 0 Å². The largest absolute Gasteiger partial charge is 0.481 e. The van der Waals surface area contributed by atoms with Crippen LogP contribution in [0.4, 0.5) is 5.82 Å². The Labute approximate surface area is 356 Å². The molecule has 2 aromatic heterocycles. The van der Waals surface area contributed by atoms with Gasteiger partial charge in [0.05, 0.1) is 19.5 Å². The number of aliphatic hydroxyl groups is 2. The first-order valence-corrected chi connectivity index (χ1v) is 24.7. The quantitative estimate of drug-likeness (QED) is 0.0321. The zero-order valence-corrected chi connectivity index (χ0v) is 37.2. The summed E-state index contributed by atoms with van der Waals surface area (Å²) < 4.78 is 62.3.